The summed E-state index contributed by atoms with van der Waals surface area (Å²) in [6, 6.07) is 6.00. The van der Waals surface area contributed by atoms with E-state index in [2.05, 4.69) is 34.2 Å². The molecule has 0 atom stereocenters. The van der Waals surface area contributed by atoms with Gasteiger partial charge in [-0.3, -0.25) is 0 Å². The molecular weight excluding hydrogens is 320 g/mol. The molecule has 0 bridgehead atoms. The first-order valence-corrected chi connectivity index (χ1v) is 8.04. The molecule has 0 spiro atoms. The molecule has 1 saturated carbocycles. The van der Waals surface area contributed by atoms with Crippen LogP contribution in [0.3, 0.4) is 0 Å². The van der Waals surface area contributed by atoms with Gasteiger partial charge in [0.25, 0.3) is 0 Å². The number of nitrogens with one attached hydrogen (secondary N) is 1. The highest BCUT2D eigenvalue weighted by Crippen LogP contribution is 2.36. The molecule has 1 aliphatic carbocycles. The Hall–Kier alpha value is -0.610. The van der Waals surface area contributed by atoms with Crippen LogP contribution in [0, 0.1) is 5.41 Å². The van der Waals surface area contributed by atoms with Gasteiger partial charge in [0.15, 0.2) is 0 Å². The Balaban J connectivity index is 2.10. The first kappa shape index (κ1) is 14.8. The molecule has 19 heavy (non-hydrogen) atoms. The van der Waals surface area contributed by atoms with Gasteiger partial charge in [-0.15, -0.1) is 0 Å². The van der Waals surface area contributed by atoms with Gasteiger partial charge in [-0.1, -0.05) is 54.3 Å². The minimum absolute atomic E-state index is 0.397. The fourth-order valence-corrected chi connectivity index (χ4v) is 3.31. The molecule has 0 radical (unpaired) electrons. The number of nitrogens with two attached hydrogens (primary N) is 1. The van der Waals surface area contributed by atoms with E-state index in [1.165, 1.54) is 32.1 Å². The summed E-state index contributed by atoms with van der Waals surface area (Å²) in [5.74, 6) is 0. The van der Waals surface area contributed by atoms with Crippen molar-refractivity contribution >= 4 is 38.8 Å². The molecule has 0 aliphatic heterocycles. The van der Waals surface area contributed by atoms with Crippen molar-refractivity contribution in [1.82, 2.24) is 0 Å². The highest BCUT2D eigenvalue weighted by atomic mass is 79.9. The van der Waals surface area contributed by atoms with Crippen LogP contribution >= 0.6 is 28.1 Å². The topological polar surface area (TPSA) is 38.0 Å². The van der Waals surface area contributed by atoms with Gasteiger partial charge in [0, 0.05) is 22.3 Å². The summed E-state index contributed by atoms with van der Waals surface area (Å²) >= 11 is 8.61. The van der Waals surface area contributed by atoms with Gasteiger partial charge in [0.2, 0.25) is 0 Å². The second kappa shape index (κ2) is 6.23. The zero-order valence-corrected chi connectivity index (χ0v) is 13.7. The average Bonchev–Trinajstić information content (AvgIpc) is 2.37. The molecule has 0 amide bonds. The van der Waals surface area contributed by atoms with Gasteiger partial charge < -0.3 is 11.1 Å². The Bertz CT molecular complexity index is 467. The number of hydrogen-bond donors (Lipinski definition) is 2. The number of rotatable bonds is 4. The highest BCUT2D eigenvalue weighted by Gasteiger charge is 2.26. The molecule has 1 fully saturated rings. The van der Waals surface area contributed by atoms with E-state index in [4.69, 9.17) is 18.0 Å². The largest absolute Gasteiger partial charge is 0.389 e. The van der Waals surface area contributed by atoms with Crippen molar-refractivity contribution in [2.24, 2.45) is 11.1 Å². The van der Waals surface area contributed by atoms with Crippen LogP contribution in [0.15, 0.2) is 22.7 Å². The summed E-state index contributed by atoms with van der Waals surface area (Å²) < 4.78 is 1.05. The smallest absolute Gasteiger partial charge is 0.106 e. The van der Waals surface area contributed by atoms with E-state index in [0.29, 0.717) is 10.4 Å². The van der Waals surface area contributed by atoms with Gasteiger partial charge in [-0.05, 0) is 36.5 Å². The van der Waals surface area contributed by atoms with Gasteiger partial charge in [0.05, 0.1) is 0 Å². The SMILES string of the molecule is CC1(CNc2cc(Br)ccc2C(N)=S)CCCCC1. The molecule has 2 rings (SSSR count). The molecule has 0 unspecified atom stereocenters. The number of hydrogen-bond acceptors (Lipinski definition) is 2. The van der Waals surface area contributed by atoms with Crippen molar-refractivity contribution < 1.29 is 0 Å². The van der Waals surface area contributed by atoms with E-state index >= 15 is 0 Å². The third-order valence-corrected chi connectivity index (χ3v) is 4.73. The van der Waals surface area contributed by atoms with Crippen LogP contribution in [0.25, 0.3) is 0 Å². The number of benzene rings is 1. The maximum Gasteiger partial charge on any atom is 0.106 e. The molecule has 4 heteroatoms. The Labute approximate surface area is 129 Å². The zero-order chi connectivity index (χ0) is 13.9. The van der Waals surface area contributed by atoms with Gasteiger partial charge >= 0.3 is 0 Å². The Kier molecular flexibility index (Phi) is 4.85. The lowest BCUT2D eigenvalue weighted by molar-refractivity contribution is 0.233. The number of thiocarbonyl (C=S) groups is 1. The normalized spacial score (nSPS) is 18.0. The summed E-state index contributed by atoms with van der Waals surface area (Å²) in [6.07, 6.45) is 6.68. The lowest BCUT2D eigenvalue weighted by Crippen LogP contribution is -2.29. The quantitative estimate of drug-likeness (QED) is 0.794. The molecule has 1 aromatic carbocycles. The highest BCUT2D eigenvalue weighted by molar-refractivity contribution is 9.10. The lowest BCUT2D eigenvalue weighted by Gasteiger charge is -2.34. The average molecular weight is 341 g/mol. The van der Waals surface area contributed by atoms with Gasteiger partial charge in [0.1, 0.15) is 4.99 Å². The summed E-state index contributed by atoms with van der Waals surface area (Å²) in [7, 11) is 0. The molecule has 1 aromatic rings. The van der Waals surface area contributed by atoms with Gasteiger partial charge in [-0.25, -0.2) is 0 Å². The van der Waals surface area contributed by atoms with Crippen LogP contribution in [-0.4, -0.2) is 11.5 Å². The summed E-state index contributed by atoms with van der Waals surface area (Å²) in [5.41, 5.74) is 8.14. The lowest BCUT2D eigenvalue weighted by atomic mass is 9.75. The monoisotopic (exact) mass is 340 g/mol. The Morgan fingerprint density at radius 1 is 1.37 bits per heavy atom. The standard InChI is InChI=1S/C15H21BrN2S/c1-15(7-3-2-4-8-15)10-18-13-9-11(16)5-6-12(13)14(17)19/h5-6,9,18H,2-4,7-8,10H2,1H3,(H2,17,19). The maximum atomic E-state index is 5.78. The summed E-state index contributed by atoms with van der Waals surface area (Å²) in [6.45, 7) is 3.36. The van der Waals surface area contributed by atoms with Crippen molar-refractivity contribution in [3.8, 4) is 0 Å². The van der Waals surface area contributed by atoms with Crippen LogP contribution in [-0.2, 0) is 0 Å². The van der Waals surface area contributed by atoms with Crippen LogP contribution in [0.5, 0.6) is 0 Å². The van der Waals surface area contributed by atoms with E-state index in [-0.39, 0.29) is 0 Å². The second-order valence-corrected chi connectivity index (χ2v) is 7.13. The first-order chi connectivity index (χ1) is 9.00. The van der Waals surface area contributed by atoms with Crippen molar-refractivity contribution in [2.45, 2.75) is 39.0 Å². The molecular formula is C15H21BrN2S. The minimum Gasteiger partial charge on any atom is -0.389 e. The molecule has 2 nitrogen and oxygen atoms in total. The number of anilines is 1. The molecule has 0 aromatic heterocycles. The minimum atomic E-state index is 0.397. The summed E-state index contributed by atoms with van der Waals surface area (Å²) in [5, 5.41) is 3.55. The number of halogens is 1. The molecule has 1 aliphatic rings. The fraction of sp³-hybridized carbons (Fsp3) is 0.533. The molecule has 0 heterocycles. The second-order valence-electron chi connectivity index (χ2n) is 5.78. The van der Waals surface area contributed by atoms with Crippen molar-refractivity contribution in [1.29, 1.82) is 0 Å². The van der Waals surface area contributed by atoms with Crippen LogP contribution in [0.2, 0.25) is 0 Å². The predicted molar refractivity (Wildman–Crippen MR) is 89.7 cm³/mol. The molecule has 3 N–H and O–H groups in total. The van der Waals surface area contributed by atoms with Crippen LogP contribution in [0.1, 0.15) is 44.6 Å². The van der Waals surface area contributed by atoms with E-state index < -0.39 is 0 Å². The first-order valence-electron chi connectivity index (χ1n) is 6.83. The fourth-order valence-electron chi connectivity index (χ4n) is 2.77. The predicted octanol–water partition coefficient (Wildman–Crippen LogP) is 4.47. The third-order valence-electron chi connectivity index (χ3n) is 4.01. The van der Waals surface area contributed by atoms with Crippen molar-refractivity contribution in [3.05, 3.63) is 28.2 Å². The van der Waals surface area contributed by atoms with Crippen molar-refractivity contribution in [3.63, 3.8) is 0 Å². The Morgan fingerprint density at radius 2 is 2.05 bits per heavy atom. The van der Waals surface area contributed by atoms with E-state index in [1.54, 1.807) is 0 Å². The Morgan fingerprint density at radius 3 is 2.68 bits per heavy atom. The van der Waals surface area contributed by atoms with Gasteiger partial charge in [-0.2, -0.15) is 0 Å². The maximum absolute atomic E-state index is 5.78. The third kappa shape index (κ3) is 3.93. The van der Waals surface area contributed by atoms with E-state index in [0.717, 1.165) is 22.3 Å². The molecule has 0 saturated heterocycles. The van der Waals surface area contributed by atoms with Crippen LogP contribution in [0.4, 0.5) is 5.69 Å². The summed E-state index contributed by atoms with van der Waals surface area (Å²) in [4.78, 5) is 0.448. The van der Waals surface area contributed by atoms with Crippen molar-refractivity contribution in [2.75, 3.05) is 11.9 Å². The van der Waals surface area contributed by atoms with Crippen LogP contribution < -0.4 is 11.1 Å². The molecule has 104 valence electrons. The zero-order valence-electron chi connectivity index (χ0n) is 11.3. The van der Waals surface area contributed by atoms with E-state index in [9.17, 15) is 0 Å². The van der Waals surface area contributed by atoms with E-state index in [1.807, 2.05) is 12.1 Å².